The van der Waals surface area contributed by atoms with E-state index in [1.54, 1.807) is 19.2 Å². The van der Waals surface area contributed by atoms with Crippen LogP contribution >= 0.6 is 24.0 Å². The highest BCUT2D eigenvalue weighted by atomic mass is 127. The Morgan fingerprint density at radius 1 is 1.24 bits per heavy atom. The number of benzene rings is 1. The second-order valence-electron chi connectivity index (χ2n) is 6.52. The van der Waals surface area contributed by atoms with E-state index in [0.717, 1.165) is 32.1 Å². The average Bonchev–Trinajstić information content (AvgIpc) is 3.06. The number of guanidine groups is 1. The fraction of sp³-hybridized carbons (Fsp3) is 0.632. The Morgan fingerprint density at radius 2 is 1.96 bits per heavy atom. The molecule has 0 atom stereocenters. The van der Waals surface area contributed by atoms with E-state index >= 15 is 0 Å². The summed E-state index contributed by atoms with van der Waals surface area (Å²) in [5.41, 5.74) is 0.942. The number of aliphatic imine (C=N–C) groups is 1. The third kappa shape index (κ3) is 7.09. The molecule has 4 nitrogen and oxygen atoms in total. The largest absolute Gasteiger partial charge is 0.382 e. The minimum Gasteiger partial charge on any atom is -0.382 e. The molecule has 25 heavy (non-hydrogen) atoms. The number of hydrogen-bond donors (Lipinski definition) is 2. The summed E-state index contributed by atoms with van der Waals surface area (Å²) in [7, 11) is 1.75. The zero-order chi connectivity index (χ0) is 17.3. The van der Waals surface area contributed by atoms with E-state index in [4.69, 9.17) is 4.74 Å². The molecule has 1 aliphatic carbocycles. The van der Waals surface area contributed by atoms with E-state index < -0.39 is 0 Å². The van der Waals surface area contributed by atoms with E-state index in [2.05, 4.69) is 15.6 Å². The molecule has 0 radical (unpaired) electrons. The average molecular weight is 463 g/mol. The van der Waals surface area contributed by atoms with Gasteiger partial charge in [0.15, 0.2) is 5.96 Å². The highest BCUT2D eigenvalue weighted by Crippen LogP contribution is 2.40. The number of rotatable bonds is 8. The van der Waals surface area contributed by atoms with Crippen molar-refractivity contribution >= 4 is 29.9 Å². The number of hydrogen-bond acceptors (Lipinski definition) is 2. The molecular weight excluding hydrogens is 432 g/mol. The topological polar surface area (TPSA) is 45.6 Å². The van der Waals surface area contributed by atoms with Crippen LogP contribution in [0.25, 0.3) is 0 Å². The molecule has 0 heterocycles. The van der Waals surface area contributed by atoms with Crippen molar-refractivity contribution in [2.75, 3.05) is 26.8 Å². The monoisotopic (exact) mass is 463 g/mol. The van der Waals surface area contributed by atoms with Crippen LogP contribution < -0.4 is 10.6 Å². The lowest BCUT2D eigenvalue weighted by Crippen LogP contribution is -2.43. The van der Waals surface area contributed by atoms with Gasteiger partial charge in [-0.25, -0.2) is 4.39 Å². The Labute approximate surface area is 168 Å². The lowest BCUT2D eigenvalue weighted by molar-refractivity contribution is 0.105. The first kappa shape index (κ1) is 22.2. The Bertz CT molecular complexity index is 533. The fourth-order valence-electron chi connectivity index (χ4n) is 3.39. The van der Waals surface area contributed by atoms with Crippen molar-refractivity contribution in [2.45, 2.75) is 45.6 Å². The summed E-state index contributed by atoms with van der Waals surface area (Å²) in [6, 6.07) is 6.82. The summed E-state index contributed by atoms with van der Waals surface area (Å²) in [6.45, 7) is 4.94. The predicted octanol–water partition coefficient (Wildman–Crippen LogP) is 4.10. The van der Waals surface area contributed by atoms with Gasteiger partial charge < -0.3 is 15.4 Å². The van der Waals surface area contributed by atoms with Gasteiger partial charge in [0, 0.05) is 38.9 Å². The predicted molar refractivity (Wildman–Crippen MR) is 112 cm³/mol. The summed E-state index contributed by atoms with van der Waals surface area (Å²) in [5.74, 6) is 0.533. The molecule has 2 rings (SSSR count). The molecule has 0 spiro atoms. The minimum absolute atomic E-state index is 0. The highest BCUT2D eigenvalue weighted by Gasteiger charge is 2.33. The molecule has 0 bridgehead atoms. The van der Waals surface area contributed by atoms with Crippen molar-refractivity contribution in [1.82, 2.24) is 10.6 Å². The minimum atomic E-state index is -0.190. The van der Waals surface area contributed by atoms with Gasteiger partial charge in [-0.3, -0.25) is 4.99 Å². The molecule has 1 fully saturated rings. The van der Waals surface area contributed by atoms with E-state index in [1.165, 1.54) is 31.7 Å². The summed E-state index contributed by atoms with van der Waals surface area (Å²) in [6.07, 6.45) is 6.12. The van der Waals surface area contributed by atoms with Gasteiger partial charge >= 0.3 is 0 Å². The third-order valence-corrected chi connectivity index (χ3v) is 4.90. The van der Waals surface area contributed by atoms with Crippen LogP contribution in [0.5, 0.6) is 0 Å². The Balaban J connectivity index is 0.00000312. The molecule has 1 saturated carbocycles. The Morgan fingerprint density at radius 3 is 2.60 bits per heavy atom. The van der Waals surface area contributed by atoms with Crippen LogP contribution in [-0.4, -0.2) is 32.8 Å². The van der Waals surface area contributed by atoms with Crippen LogP contribution in [0.2, 0.25) is 0 Å². The number of halogens is 2. The second kappa shape index (κ2) is 11.7. The van der Waals surface area contributed by atoms with Crippen LogP contribution in [0.1, 0.15) is 44.6 Å². The molecular formula is C19H31FIN3O. The number of nitrogens with zero attached hydrogens (tertiary/aromatic N) is 1. The third-order valence-electron chi connectivity index (χ3n) is 4.90. The zero-order valence-corrected chi connectivity index (χ0v) is 17.6. The standard InChI is InChI=1S/C19H30FN3O.HI/c1-3-24-13-12-19(10-6-7-11-19)15-23-18(21-2)22-14-16-8-4-5-9-17(16)20;/h4-5,8-9H,3,6-7,10-15H2,1-2H3,(H2,21,22,23);1H. The smallest absolute Gasteiger partial charge is 0.191 e. The SMILES string of the molecule is CCOCCC1(CNC(=NC)NCc2ccccc2F)CCCC1.I. The maximum Gasteiger partial charge on any atom is 0.191 e. The first-order valence-electron chi connectivity index (χ1n) is 8.95. The van der Waals surface area contributed by atoms with E-state index in [9.17, 15) is 4.39 Å². The maximum atomic E-state index is 13.7. The molecule has 0 saturated heterocycles. The van der Waals surface area contributed by atoms with Gasteiger partial charge in [0.1, 0.15) is 5.82 Å². The fourth-order valence-corrected chi connectivity index (χ4v) is 3.39. The van der Waals surface area contributed by atoms with Crippen molar-refractivity contribution in [1.29, 1.82) is 0 Å². The molecule has 0 unspecified atom stereocenters. The highest BCUT2D eigenvalue weighted by molar-refractivity contribution is 14.0. The van der Waals surface area contributed by atoms with Gasteiger partial charge in [0.25, 0.3) is 0 Å². The van der Waals surface area contributed by atoms with Crippen LogP contribution in [-0.2, 0) is 11.3 Å². The molecule has 0 amide bonds. The van der Waals surface area contributed by atoms with Crippen LogP contribution in [0.4, 0.5) is 4.39 Å². The first-order chi connectivity index (χ1) is 11.7. The van der Waals surface area contributed by atoms with Crippen molar-refractivity contribution in [3.63, 3.8) is 0 Å². The van der Waals surface area contributed by atoms with Gasteiger partial charge in [-0.05, 0) is 37.7 Å². The van der Waals surface area contributed by atoms with Crippen molar-refractivity contribution in [2.24, 2.45) is 10.4 Å². The molecule has 1 aliphatic rings. The molecule has 0 aliphatic heterocycles. The van der Waals surface area contributed by atoms with Crippen LogP contribution in [0.3, 0.4) is 0 Å². The molecule has 1 aromatic rings. The Hall–Kier alpha value is -0.890. The van der Waals surface area contributed by atoms with E-state index in [1.807, 2.05) is 13.0 Å². The molecule has 0 aromatic heterocycles. The van der Waals surface area contributed by atoms with Crippen LogP contribution in [0, 0.1) is 11.2 Å². The Kier molecular flexibility index (Phi) is 10.3. The van der Waals surface area contributed by atoms with Crippen LogP contribution in [0.15, 0.2) is 29.3 Å². The van der Waals surface area contributed by atoms with Crippen molar-refractivity contribution < 1.29 is 9.13 Å². The summed E-state index contributed by atoms with van der Waals surface area (Å²) < 4.78 is 19.3. The van der Waals surface area contributed by atoms with E-state index in [-0.39, 0.29) is 29.8 Å². The van der Waals surface area contributed by atoms with Gasteiger partial charge in [-0.2, -0.15) is 0 Å². The molecule has 142 valence electrons. The first-order valence-corrected chi connectivity index (χ1v) is 8.95. The zero-order valence-electron chi connectivity index (χ0n) is 15.3. The summed E-state index contributed by atoms with van der Waals surface area (Å²) >= 11 is 0. The van der Waals surface area contributed by atoms with Gasteiger partial charge in [0.2, 0.25) is 0 Å². The van der Waals surface area contributed by atoms with Gasteiger partial charge in [0.05, 0.1) is 0 Å². The lowest BCUT2D eigenvalue weighted by atomic mass is 9.83. The normalized spacial score (nSPS) is 16.4. The van der Waals surface area contributed by atoms with E-state index in [0.29, 0.717) is 17.5 Å². The number of nitrogens with one attached hydrogen (secondary N) is 2. The summed E-state index contributed by atoms with van der Waals surface area (Å²) in [5, 5.41) is 6.63. The molecule has 6 heteroatoms. The lowest BCUT2D eigenvalue weighted by Gasteiger charge is -2.30. The van der Waals surface area contributed by atoms with Crippen molar-refractivity contribution in [3.05, 3.63) is 35.6 Å². The molecule has 1 aromatic carbocycles. The second-order valence-corrected chi connectivity index (χ2v) is 6.52. The maximum absolute atomic E-state index is 13.7. The number of ether oxygens (including phenoxy) is 1. The van der Waals surface area contributed by atoms with Gasteiger partial charge in [-0.1, -0.05) is 31.0 Å². The molecule has 2 N–H and O–H groups in total. The summed E-state index contributed by atoms with van der Waals surface area (Å²) in [4.78, 5) is 4.26. The quantitative estimate of drug-likeness (QED) is 0.264. The van der Waals surface area contributed by atoms with Gasteiger partial charge in [-0.15, -0.1) is 24.0 Å². The van der Waals surface area contributed by atoms with Crippen molar-refractivity contribution in [3.8, 4) is 0 Å².